The highest BCUT2D eigenvalue weighted by Crippen LogP contribution is 2.41. The Bertz CT molecular complexity index is 1450. The lowest BCUT2D eigenvalue weighted by atomic mass is 10.1. The molecule has 1 fully saturated rings. The Labute approximate surface area is 215 Å². The van der Waals surface area contributed by atoms with Crippen LogP contribution in [-0.2, 0) is 10.0 Å². The van der Waals surface area contributed by atoms with Crippen molar-refractivity contribution >= 4 is 66.6 Å². The lowest BCUT2D eigenvalue weighted by molar-refractivity contribution is 0.354. The average Bonchev–Trinajstić information content (AvgIpc) is 3.51. The van der Waals surface area contributed by atoms with Crippen molar-refractivity contribution in [2.75, 3.05) is 19.6 Å². The number of likely N-dealkylation sites (tertiary alicyclic amines) is 1. The summed E-state index contributed by atoms with van der Waals surface area (Å²) in [5.74, 6) is 0.423. The van der Waals surface area contributed by atoms with Gasteiger partial charge in [-0.1, -0.05) is 36.2 Å². The van der Waals surface area contributed by atoms with E-state index in [-0.39, 0.29) is 4.90 Å². The molecule has 0 radical (unpaired) electrons. The highest BCUT2D eigenvalue weighted by Gasteiger charge is 2.28. The van der Waals surface area contributed by atoms with Gasteiger partial charge in [-0.2, -0.15) is 0 Å². The molecule has 5 rings (SSSR count). The van der Waals surface area contributed by atoms with E-state index in [9.17, 15) is 8.42 Å². The smallest absolute Gasteiger partial charge is 0.270 e. The Morgan fingerprint density at radius 2 is 1.97 bits per heavy atom. The second-order valence-electron chi connectivity index (χ2n) is 8.21. The predicted molar refractivity (Wildman–Crippen MR) is 142 cm³/mol. The van der Waals surface area contributed by atoms with Gasteiger partial charge in [0.05, 0.1) is 23.5 Å². The lowest BCUT2D eigenvalue weighted by Gasteiger charge is -2.11. The molecule has 0 bridgehead atoms. The van der Waals surface area contributed by atoms with Crippen LogP contribution in [0.5, 0.6) is 0 Å². The molecule has 10 heteroatoms. The number of fused-ring (bicyclic) bond motifs is 1. The Balaban J connectivity index is 1.61. The topological polar surface area (TPSA) is 68.1 Å². The van der Waals surface area contributed by atoms with Gasteiger partial charge in [-0.3, -0.25) is 0 Å². The summed E-state index contributed by atoms with van der Waals surface area (Å²) in [4.78, 5) is 12.7. The van der Waals surface area contributed by atoms with Crippen molar-refractivity contribution < 1.29 is 8.42 Å². The summed E-state index contributed by atoms with van der Waals surface area (Å²) in [5.41, 5.74) is 2.15. The van der Waals surface area contributed by atoms with Gasteiger partial charge in [0, 0.05) is 35.8 Å². The molecule has 1 aromatic carbocycles. The van der Waals surface area contributed by atoms with Crippen molar-refractivity contribution in [2.24, 2.45) is 0 Å². The molecule has 0 saturated carbocycles. The zero-order chi connectivity index (χ0) is 23.3. The van der Waals surface area contributed by atoms with E-state index in [4.69, 9.17) is 16.6 Å². The number of rotatable bonds is 5. The molecule has 1 saturated heterocycles. The molecular formula is C23H22ClIN4O2S2. The van der Waals surface area contributed by atoms with Crippen LogP contribution in [0.4, 0.5) is 0 Å². The number of thiazole rings is 1. The molecule has 4 aromatic rings. The maximum atomic E-state index is 13.5. The van der Waals surface area contributed by atoms with Gasteiger partial charge in [-0.25, -0.2) is 22.4 Å². The first kappa shape index (κ1) is 23.2. The number of hydrogen-bond donors (Lipinski definition) is 0. The van der Waals surface area contributed by atoms with Gasteiger partial charge in [-0.15, -0.1) is 11.3 Å². The Hall–Kier alpha value is -1.53. The first-order valence-corrected chi connectivity index (χ1v) is 14.4. The highest BCUT2D eigenvalue weighted by atomic mass is 127. The Morgan fingerprint density at radius 3 is 2.67 bits per heavy atom. The minimum Gasteiger partial charge on any atom is -0.303 e. The second-order valence-corrected chi connectivity index (χ2v) is 12.6. The Morgan fingerprint density at radius 1 is 1.21 bits per heavy atom. The number of aromatic nitrogens is 3. The van der Waals surface area contributed by atoms with E-state index in [1.165, 1.54) is 10.2 Å². The third kappa shape index (κ3) is 4.12. The standard InChI is InChI=1S/C23H22ClIN4O2S2/c1-3-28-9-8-15(13-28)23-27-12-19(32-23)21-17-10-20(25)29(22(17)26-11-18(21)24)33(30,31)16-6-4-14(2)5-7-16/h4-7,10-12,15H,3,8-9,13H2,1-2H3. The SMILES string of the molecule is CCN1CCC(c2ncc(-c3c(Cl)cnc4c3cc(I)n4S(=O)(=O)c3ccc(C)cc3)s2)C1. The fourth-order valence-electron chi connectivity index (χ4n) is 4.28. The molecule has 0 aliphatic carbocycles. The molecule has 3 aromatic heterocycles. The van der Waals surface area contributed by atoms with E-state index < -0.39 is 10.0 Å². The zero-order valence-electron chi connectivity index (χ0n) is 18.1. The number of nitrogens with zero attached hydrogens (tertiary/aromatic N) is 4. The molecule has 0 N–H and O–H groups in total. The van der Waals surface area contributed by atoms with E-state index in [1.807, 2.05) is 41.8 Å². The zero-order valence-corrected chi connectivity index (χ0v) is 22.7. The molecule has 1 atom stereocenters. The number of likely N-dealkylation sites (N-methyl/N-ethyl adjacent to an activating group) is 1. The summed E-state index contributed by atoms with van der Waals surface area (Å²) in [6.45, 7) is 7.27. The maximum Gasteiger partial charge on any atom is 0.270 e. The molecule has 6 nitrogen and oxygen atoms in total. The number of halogens is 2. The fraction of sp³-hybridized carbons (Fsp3) is 0.304. The van der Waals surface area contributed by atoms with E-state index in [2.05, 4.69) is 16.8 Å². The first-order chi connectivity index (χ1) is 15.8. The molecule has 33 heavy (non-hydrogen) atoms. The summed E-state index contributed by atoms with van der Waals surface area (Å²) in [7, 11) is -3.81. The molecule has 4 heterocycles. The van der Waals surface area contributed by atoms with E-state index in [0.29, 0.717) is 25.7 Å². The molecule has 0 spiro atoms. The molecule has 1 aliphatic heterocycles. The van der Waals surface area contributed by atoms with Gasteiger partial charge < -0.3 is 4.90 Å². The summed E-state index contributed by atoms with van der Waals surface area (Å²) >= 11 is 10.3. The molecule has 172 valence electrons. The van der Waals surface area contributed by atoms with Crippen LogP contribution in [0.2, 0.25) is 5.02 Å². The minimum atomic E-state index is -3.81. The molecular weight excluding hydrogens is 591 g/mol. The number of pyridine rings is 1. The third-order valence-corrected chi connectivity index (χ3v) is 10.4. The molecule has 1 unspecified atom stereocenters. The highest BCUT2D eigenvalue weighted by molar-refractivity contribution is 14.1. The van der Waals surface area contributed by atoms with Crippen LogP contribution in [0.1, 0.15) is 29.8 Å². The van der Waals surface area contributed by atoms with Crippen molar-refractivity contribution in [2.45, 2.75) is 31.1 Å². The van der Waals surface area contributed by atoms with Crippen molar-refractivity contribution in [3.8, 4) is 10.4 Å². The van der Waals surface area contributed by atoms with Crippen LogP contribution in [-0.4, -0.2) is 46.9 Å². The predicted octanol–water partition coefficient (Wildman–Crippen LogP) is 5.77. The van der Waals surface area contributed by atoms with E-state index >= 15 is 0 Å². The van der Waals surface area contributed by atoms with Crippen LogP contribution >= 0.6 is 45.5 Å². The summed E-state index contributed by atoms with van der Waals surface area (Å²) in [6.07, 6.45) is 4.49. The summed E-state index contributed by atoms with van der Waals surface area (Å²) < 4.78 is 28.8. The van der Waals surface area contributed by atoms with Gasteiger partial charge >= 0.3 is 0 Å². The number of hydrogen-bond acceptors (Lipinski definition) is 6. The maximum absolute atomic E-state index is 13.5. The first-order valence-electron chi connectivity index (χ1n) is 10.7. The van der Waals surface area contributed by atoms with Gasteiger partial charge in [0.1, 0.15) is 0 Å². The van der Waals surface area contributed by atoms with Gasteiger partial charge in [0.25, 0.3) is 10.0 Å². The second kappa shape index (κ2) is 8.92. The minimum absolute atomic E-state index is 0.226. The van der Waals surface area contributed by atoms with Gasteiger partial charge in [-0.05, 0) is 67.2 Å². The van der Waals surface area contributed by atoms with Gasteiger partial charge in [0.15, 0.2) is 5.65 Å². The van der Waals surface area contributed by atoms with Crippen molar-refractivity contribution in [1.82, 2.24) is 18.8 Å². The fourth-order valence-corrected chi connectivity index (χ4v) is 8.37. The van der Waals surface area contributed by atoms with Crippen LogP contribution < -0.4 is 0 Å². The van der Waals surface area contributed by atoms with Crippen LogP contribution in [0.3, 0.4) is 0 Å². The summed E-state index contributed by atoms with van der Waals surface area (Å²) in [5, 5.41) is 2.29. The Kier molecular flexibility index (Phi) is 6.28. The van der Waals surface area contributed by atoms with Crippen molar-refractivity contribution in [3.05, 3.63) is 62.0 Å². The normalized spacial score (nSPS) is 17.3. The number of benzene rings is 1. The summed E-state index contributed by atoms with van der Waals surface area (Å²) in [6, 6.07) is 8.68. The monoisotopic (exact) mass is 612 g/mol. The van der Waals surface area contributed by atoms with E-state index in [1.54, 1.807) is 35.6 Å². The molecule has 0 amide bonds. The van der Waals surface area contributed by atoms with Crippen molar-refractivity contribution in [3.63, 3.8) is 0 Å². The van der Waals surface area contributed by atoms with Crippen LogP contribution in [0.15, 0.2) is 47.6 Å². The van der Waals surface area contributed by atoms with E-state index in [0.717, 1.165) is 47.1 Å². The largest absolute Gasteiger partial charge is 0.303 e. The molecule has 1 aliphatic rings. The lowest BCUT2D eigenvalue weighted by Crippen LogP contribution is -2.19. The number of aryl methyl sites for hydroxylation is 1. The van der Waals surface area contributed by atoms with Gasteiger partial charge in [0.2, 0.25) is 0 Å². The quantitative estimate of drug-likeness (QED) is 0.268. The average molecular weight is 613 g/mol. The van der Waals surface area contributed by atoms with Crippen LogP contribution in [0, 0.1) is 10.6 Å². The van der Waals surface area contributed by atoms with Crippen LogP contribution in [0.25, 0.3) is 21.5 Å². The third-order valence-electron chi connectivity index (χ3n) is 6.10. The van der Waals surface area contributed by atoms with Crippen molar-refractivity contribution in [1.29, 1.82) is 0 Å².